The third-order valence-corrected chi connectivity index (χ3v) is 3.64. The zero-order chi connectivity index (χ0) is 17.3. The van der Waals surface area contributed by atoms with Gasteiger partial charge in [0.1, 0.15) is 12.3 Å². The maximum absolute atomic E-state index is 12.2. The number of imide groups is 1. The Morgan fingerprint density at radius 3 is 2.17 bits per heavy atom. The molecule has 0 saturated carbocycles. The highest BCUT2D eigenvalue weighted by atomic mass is 16.5. The molecule has 0 spiro atoms. The fraction of sp³-hybridized carbons (Fsp3) is 0.111. The number of rotatable bonds is 4. The second-order valence-corrected chi connectivity index (χ2v) is 5.30. The second-order valence-electron chi connectivity index (χ2n) is 5.30. The van der Waals surface area contributed by atoms with E-state index < -0.39 is 24.3 Å². The number of ether oxygens (including phenoxy) is 1. The van der Waals surface area contributed by atoms with Crippen LogP contribution in [0.25, 0.3) is 0 Å². The number of carbonyl (C=O) groups excluding carboxylic acids is 4. The van der Waals surface area contributed by atoms with Crippen molar-refractivity contribution in [3.05, 3.63) is 65.2 Å². The lowest BCUT2D eigenvalue weighted by molar-refractivity contribution is -0.134. The van der Waals surface area contributed by atoms with Crippen molar-refractivity contribution in [1.82, 2.24) is 4.90 Å². The average molecular weight is 323 g/mol. The molecule has 0 atom stereocenters. The van der Waals surface area contributed by atoms with Crippen LogP contribution in [0.15, 0.2) is 48.5 Å². The van der Waals surface area contributed by atoms with Crippen LogP contribution < -0.4 is 4.74 Å². The normalized spacial score (nSPS) is 13.0. The van der Waals surface area contributed by atoms with Gasteiger partial charge in [0.2, 0.25) is 0 Å². The topological polar surface area (TPSA) is 80.8 Å². The minimum atomic E-state index is -0.759. The van der Waals surface area contributed by atoms with E-state index in [-0.39, 0.29) is 22.7 Å². The van der Waals surface area contributed by atoms with Crippen LogP contribution >= 0.6 is 0 Å². The molecule has 0 fully saturated rings. The van der Waals surface area contributed by atoms with Gasteiger partial charge < -0.3 is 4.74 Å². The summed E-state index contributed by atoms with van der Waals surface area (Å²) in [5.41, 5.74) is 0.948. The van der Waals surface area contributed by atoms with Gasteiger partial charge >= 0.3 is 5.97 Å². The van der Waals surface area contributed by atoms with E-state index in [1.54, 1.807) is 24.3 Å². The Morgan fingerprint density at radius 1 is 0.958 bits per heavy atom. The number of hydrogen-bond donors (Lipinski definition) is 0. The van der Waals surface area contributed by atoms with Crippen LogP contribution in [0.4, 0.5) is 0 Å². The van der Waals surface area contributed by atoms with E-state index >= 15 is 0 Å². The predicted molar refractivity (Wildman–Crippen MR) is 83.9 cm³/mol. The van der Waals surface area contributed by atoms with Crippen molar-refractivity contribution in [1.29, 1.82) is 0 Å². The molecule has 1 aliphatic heterocycles. The first-order valence-electron chi connectivity index (χ1n) is 7.24. The van der Waals surface area contributed by atoms with Crippen LogP contribution in [-0.4, -0.2) is 35.0 Å². The van der Waals surface area contributed by atoms with Gasteiger partial charge in [0.25, 0.3) is 11.8 Å². The molecule has 24 heavy (non-hydrogen) atoms. The molecular formula is C18H13NO5. The summed E-state index contributed by atoms with van der Waals surface area (Å²) in [5.74, 6) is -1.78. The molecule has 2 aromatic rings. The molecule has 120 valence electrons. The van der Waals surface area contributed by atoms with Crippen LogP contribution in [0.2, 0.25) is 0 Å². The lowest BCUT2D eigenvalue weighted by atomic mass is 10.1. The number of amides is 2. The first-order chi connectivity index (χ1) is 11.5. The van der Waals surface area contributed by atoms with Crippen molar-refractivity contribution in [3.63, 3.8) is 0 Å². The van der Waals surface area contributed by atoms with Gasteiger partial charge in [-0.2, -0.15) is 0 Å². The molecule has 1 aliphatic rings. The van der Waals surface area contributed by atoms with Gasteiger partial charge in [0.15, 0.2) is 5.78 Å². The Balaban J connectivity index is 1.72. The van der Waals surface area contributed by atoms with E-state index in [4.69, 9.17) is 4.74 Å². The van der Waals surface area contributed by atoms with Crippen molar-refractivity contribution >= 4 is 23.6 Å². The molecule has 0 saturated heterocycles. The summed E-state index contributed by atoms with van der Waals surface area (Å²) < 4.78 is 5.13. The Kier molecular flexibility index (Phi) is 3.95. The standard InChI is InChI=1S/C18H13NO5/c1-11(20)12-5-4-6-13(9-12)24-16(21)10-19-17(22)14-7-2-3-8-15(14)18(19)23/h2-9H,10H2,1H3. The molecular weight excluding hydrogens is 310 g/mol. The van der Waals surface area contributed by atoms with Gasteiger partial charge in [-0.3, -0.25) is 19.3 Å². The number of fused-ring (bicyclic) bond motifs is 1. The lowest BCUT2D eigenvalue weighted by Crippen LogP contribution is -2.36. The van der Waals surface area contributed by atoms with E-state index in [9.17, 15) is 19.2 Å². The van der Waals surface area contributed by atoms with Gasteiger partial charge in [-0.15, -0.1) is 0 Å². The van der Waals surface area contributed by atoms with E-state index in [0.29, 0.717) is 5.56 Å². The average Bonchev–Trinajstić information content (AvgIpc) is 2.80. The summed E-state index contributed by atoms with van der Waals surface area (Å²) in [7, 11) is 0. The number of nitrogens with zero attached hydrogens (tertiary/aromatic N) is 1. The summed E-state index contributed by atoms with van der Waals surface area (Å²) >= 11 is 0. The van der Waals surface area contributed by atoms with Crippen molar-refractivity contribution in [2.75, 3.05) is 6.54 Å². The lowest BCUT2D eigenvalue weighted by Gasteiger charge is -2.13. The highest BCUT2D eigenvalue weighted by molar-refractivity contribution is 6.22. The van der Waals surface area contributed by atoms with Gasteiger partial charge in [-0.25, -0.2) is 4.79 Å². The number of Topliss-reactive ketones (excluding diaryl/α,β-unsaturated/α-hetero) is 1. The van der Waals surface area contributed by atoms with Gasteiger partial charge in [-0.1, -0.05) is 24.3 Å². The third kappa shape index (κ3) is 2.81. The molecule has 6 nitrogen and oxygen atoms in total. The van der Waals surface area contributed by atoms with Gasteiger partial charge in [0.05, 0.1) is 11.1 Å². The fourth-order valence-corrected chi connectivity index (χ4v) is 2.45. The van der Waals surface area contributed by atoms with E-state index in [2.05, 4.69) is 0 Å². The quantitative estimate of drug-likeness (QED) is 0.372. The number of esters is 1. The second kappa shape index (κ2) is 6.08. The smallest absolute Gasteiger partial charge is 0.331 e. The zero-order valence-corrected chi connectivity index (χ0v) is 12.8. The minimum Gasteiger partial charge on any atom is -0.425 e. The first kappa shape index (κ1) is 15.6. The van der Waals surface area contributed by atoms with Crippen molar-refractivity contribution in [3.8, 4) is 5.75 Å². The van der Waals surface area contributed by atoms with Gasteiger partial charge in [0, 0.05) is 5.56 Å². The molecule has 0 aromatic heterocycles. The van der Waals surface area contributed by atoms with Crippen LogP contribution in [-0.2, 0) is 4.79 Å². The minimum absolute atomic E-state index is 0.159. The Labute approximate surface area is 137 Å². The van der Waals surface area contributed by atoms with Crippen LogP contribution in [0.5, 0.6) is 5.75 Å². The summed E-state index contributed by atoms with van der Waals surface area (Å²) in [6.45, 7) is 0.913. The molecule has 0 unspecified atom stereocenters. The van der Waals surface area contributed by atoms with Crippen molar-refractivity contribution < 1.29 is 23.9 Å². The SMILES string of the molecule is CC(=O)c1cccc(OC(=O)CN2C(=O)c3ccccc3C2=O)c1. The number of benzene rings is 2. The fourth-order valence-electron chi connectivity index (χ4n) is 2.45. The monoisotopic (exact) mass is 323 g/mol. The third-order valence-electron chi connectivity index (χ3n) is 3.64. The highest BCUT2D eigenvalue weighted by Gasteiger charge is 2.36. The predicted octanol–water partition coefficient (Wildman–Crippen LogP) is 2.09. The van der Waals surface area contributed by atoms with Crippen LogP contribution in [0.3, 0.4) is 0 Å². The van der Waals surface area contributed by atoms with E-state index in [1.165, 1.54) is 31.2 Å². The molecule has 3 rings (SSSR count). The first-order valence-corrected chi connectivity index (χ1v) is 7.24. The Hall–Kier alpha value is -3.28. The molecule has 0 N–H and O–H groups in total. The number of hydrogen-bond acceptors (Lipinski definition) is 5. The summed E-state index contributed by atoms with van der Waals surface area (Å²) in [5, 5.41) is 0. The summed E-state index contributed by atoms with van der Waals surface area (Å²) in [6.07, 6.45) is 0. The van der Waals surface area contributed by atoms with E-state index in [1.807, 2.05) is 0 Å². The zero-order valence-electron chi connectivity index (χ0n) is 12.8. The maximum atomic E-state index is 12.2. The Morgan fingerprint density at radius 2 is 1.58 bits per heavy atom. The highest BCUT2D eigenvalue weighted by Crippen LogP contribution is 2.22. The molecule has 0 aliphatic carbocycles. The van der Waals surface area contributed by atoms with Crippen LogP contribution in [0.1, 0.15) is 38.0 Å². The van der Waals surface area contributed by atoms with E-state index in [0.717, 1.165) is 4.90 Å². The van der Waals surface area contributed by atoms with Crippen molar-refractivity contribution in [2.24, 2.45) is 0 Å². The Bertz CT molecular complexity index is 836. The maximum Gasteiger partial charge on any atom is 0.331 e. The van der Waals surface area contributed by atoms with Crippen LogP contribution in [0, 0.1) is 0 Å². The van der Waals surface area contributed by atoms with Gasteiger partial charge in [-0.05, 0) is 31.2 Å². The molecule has 2 amide bonds. The largest absolute Gasteiger partial charge is 0.425 e. The summed E-state index contributed by atoms with van der Waals surface area (Å²) in [6, 6.07) is 12.5. The number of carbonyl (C=O) groups is 4. The molecule has 0 radical (unpaired) electrons. The molecule has 2 aromatic carbocycles. The van der Waals surface area contributed by atoms with Crippen molar-refractivity contribution in [2.45, 2.75) is 6.92 Å². The molecule has 6 heteroatoms. The molecule has 0 bridgehead atoms. The summed E-state index contributed by atoms with van der Waals surface area (Å²) in [4.78, 5) is 48.6. The number of ketones is 1. The molecule has 1 heterocycles.